The number of nitrogens with one attached hydrogen (secondary N) is 1. The van der Waals surface area contributed by atoms with Crippen molar-refractivity contribution < 1.29 is 18.3 Å². The molecule has 1 unspecified atom stereocenters. The Morgan fingerprint density at radius 3 is 2.53 bits per heavy atom. The third kappa shape index (κ3) is 3.46. The molecule has 1 saturated heterocycles. The van der Waals surface area contributed by atoms with Crippen LogP contribution in [-0.2, 0) is 14.6 Å². The van der Waals surface area contributed by atoms with Gasteiger partial charge in [0, 0.05) is 0 Å². The van der Waals surface area contributed by atoms with Gasteiger partial charge in [0.2, 0.25) is 0 Å². The highest BCUT2D eigenvalue weighted by Crippen LogP contribution is 2.18. The molecule has 0 saturated carbocycles. The first-order valence-corrected chi connectivity index (χ1v) is 6.74. The van der Waals surface area contributed by atoms with Crippen molar-refractivity contribution in [3.8, 4) is 0 Å². The molecule has 0 bridgehead atoms. The summed E-state index contributed by atoms with van der Waals surface area (Å²) >= 11 is 0. The van der Waals surface area contributed by atoms with Gasteiger partial charge in [-0.25, -0.2) is 8.42 Å². The van der Waals surface area contributed by atoms with E-state index in [4.69, 9.17) is 5.11 Å². The summed E-state index contributed by atoms with van der Waals surface area (Å²) in [5.41, 5.74) is -0.994. The number of aliphatic carboxylic acids is 1. The third-order valence-corrected chi connectivity index (χ3v) is 4.53. The predicted molar refractivity (Wildman–Crippen MR) is 56.5 cm³/mol. The molecule has 1 atom stereocenters. The molecular formula is C9H17NO4S. The molecule has 0 radical (unpaired) electrons. The molecule has 1 heterocycles. The predicted octanol–water partition coefficient (Wildman–Crippen LogP) is -0.126. The molecule has 88 valence electrons. The van der Waals surface area contributed by atoms with E-state index in [1.54, 1.807) is 13.8 Å². The van der Waals surface area contributed by atoms with E-state index in [-0.39, 0.29) is 17.4 Å². The zero-order valence-corrected chi connectivity index (χ0v) is 9.80. The minimum absolute atomic E-state index is 0.0497. The Kier molecular flexibility index (Phi) is 3.40. The quantitative estimate of drug-likeness (QED) is 0.709. The van der Waals surface area contributed by atoms with Crippen LogP contribution >= 0.6 is 0 Å². The van der Waals surface area contributed by atoms with Gasteiger partial charge in [-0.3, -0.25) is 4.79 Å². The lowest BCUT2D eigenvalue weighted by molar-refractivity contribution is -0.143. The van der Waals surface area contributed by atoms with E-state index >= 15 is 0 Å². The van der Waals surface area contributed by atoms with Crippen molar-refractivity contribution in [2.24, 2.45) is 5.92 Å². The minimum atomic E-state index is -2.87. The van der Waals surface area contributed by atoms with Crippen molar-refractivity contribution in [3.05, 3.63) is 0 Å². The second kappa shape index (κ2) is 4.09. The van der Waals surface area contributed by atoms with E-state index in [2.05, 4.69) is 5.32 Å². The molecule has 15 heavy (non-hydrogen) atoms. The molecule has 1 fully saturated rings. The Morgan fingerprint density at radius 2 is 2.13 bits per heavy atom. The maximum absolute atomic E-state index is 11.2. The first kappa shape index (κ1) is 12.4. The number of hydrogen-bond acceptors (Lipinski definition) is 4. The summed E-state index contributed by atoms with van der Waals surface area (Å²) in [4.78, 5) is 10.8. The largest absolute Gasteiger partial charge is 0.480 e. The molecule has 0 aromatic carbocycles. The molecule has 1 rings (SSSR count). The lowest BCUT2D eigenvalue weighted by atomic mass is 10.0. The van der Waals surface area contributed by atoms with Crippen molar-refractivity contribution in [3.63, 3.8) is 0 Å². The molecule has 0 aliphatic carbocycles. The van der Waals surface area contributed by atoms with Gasteiger partial charge in [0.15, 0.2) is 9.84 Å². The van der Waals surface area contributed by atoms with Crippen LogP contribution in [0.15, 0.2) is 0 Å². The molecule has 1 aliphatic heterocycles. The Hall–Kier alpha value is -0.620. The lowest BCUT2D eigenvalue weighted by Crippen LogP contribution is -2.48. The average molecular weight is 235 g/mol. The van der Waals surface area contributed by atoms with Crippen molar-refractivity contribution >= 4 is 15.8 Å². The zero-order chi connectivity index (χ0) is 11.7. The van der Waals surface area contributed by atoms with Crippen molar-refractivity contribution in [1.29, 1.82) is 0 Å². The maximum Gasteiger partial charge on any atom is 0.323 e. The van der Waals surface area contributed by atoms with E-state index < -0.39 is 21.3 Å². The summed E-state index contributed by atoms with van der Waals surface area (Å²) in [6, 6.07) is 0. The van der Waals surface area contributed by atoms with Crippen LogP contribution < -0.4 is 5.32 Å². The van der Waals surface area contributed by atoms with E-state index in [1.165, 1.54) is 0 Å². The van der Waals surface area contributed by atoms with E-state index in [0.29, 0.717) is 13.0 Å². The standard InChI is InChI=1S/C9H17NO4S/c1-9(2,8(11)12)10-5-7-3-4-15(13,14)6-7/h7,10H,3-6H2,1-2H3,(H,11,12). The fourth-order valence-corrected chi connectivity index (χ4v) is 3.37. The van der Waals surface area contributed by atoms with Crippen LogP contribution in [0.4, 0.5) is 0 Å². The number of hydrogen-bond donors (Lipinski definition) is 2. The summed E-state index contributed by atoms with van der Waals surface area (Å²) in [7, 11) is -2.87. The fourth-order valence-electron chi connectivity index (χ4n) is 1.51. The minimum Gasteiger partial charge on any atom is -0.480 e. The first-order valence-electron chi connectivity index (χ1n) is 4.92. The van der Waals surface area contributed by atoms with Crippen molar-refractivity contribution in [2.75, 3.05) is 18.1 Å². The lowest BCUT2D eigenvalue weighted by Gasteiger charge is -2.22. The van der Waals surface area contributed by atoms with Crippen LogP contribution in [0.3, 0.4) is 0 Å². The maximum atomic E-state index is 11.2. The highest BCUT2D eigenvalue weighted by molar-refractivity contribution is 7.91. The zero-order valence-electron chi connectivity index (χ0n) is 8.99. The summed E-state index contributed by atoms with van der Waals surface area (Å²) in [5.74, 6) is -0.472. The molecule has 0 spiro atoms. The van der Waals surface area contributed by atoms with Gasteiger partial charge in [-0.05, 0) is 32.7 Å². The van der Waals surface area contributed by atoms with Crippen LogP contribution in [0.25, 0.3) is 0 Å². The van der Waals surface area contributed by atoms with Gasteiger partial charge in [-0.1, -0.05) is 0 Å². The molecule has 0 amide bonds. The first-order chi connectivity index (χ1) is 6.73. The highest BCUT2D eigenvalue weighted by Gasteiger charge is 2.31. The van der Waals surface area contributed by atoms with E-state index in [0.717, 1.165) is 0 Å². The monoisotopic (exact) mass is 235 g/mol. The Labute approximate surface area is 89.8 Å². The number of sulfone groups is 1. The summed E-state index contributed by atoms with van der Waals surface area (Å²) in [6.07, 6.45) is 0.630. The molecular weight excluding hydrogens is 218 g/mol. The number of carboxylic acid groups (broad SMARTS) is 1. The molecule has 0 aromatic heterocycles. The van der Waals surface area contributed by atoms with Crippen LogP contribution in [0.2, 0.25) is 0 Å². The molecule has 0 aromatic rings. The molecule has 6 heteroatoms. The van der Waals surface area contributed by atoms with Gasteiger partial charge < -0.3 is 10.4 Å². The number of rotatable bonds is 4. The van der Waals surface area contributed by atoms with E-state index in [1.807, 2.05) is 0 Å². The normalized spacial score (nSPS) is 25.3. The van der Waals surface area contributed by atoms with Crippen LogP contribution in [0.1, 0.15) is 20.3 Å². The Bertz CT molecular complexity index is 347. The average Bonchev–Trinajstić information content (AvgIpc) is 2.42. The summed E-state index contributed by atoms with van der Waals surface area (Å²) < 4.78 is 22.3. The van der Waals surface area contributed by atoms with Crippen LogP contribution in [0.5, 0.6) is 0 Å². The SMILES string of the molecule is CC(C)(NCC1CCS(=O)(=O)C1)C(=O)O. The van der Waals surface area contributed by atoms with Gasteiger partial charge in [0.05, 0.1) is 11.5 Å². The van der Waals surface area contributed by atoms with Gasteiger partial charge in [-0.15, -0.1) is 0 Å². The van der Waals surface area contributed by atoms with E-state index in [9.17, 15) is 13.2 Å². The fraction of sp³-hybridized carbons (Fsp3) is 0.889. The molecule has 2 N–H and O–H groups in total. The second-order valence-corrected chi connectivity index (χ2v) is 6.81. The topological polar surface area (TPSA) is 83.5 Å². The van der Waals surface area contributed by atoms with Crippen LogP contribution in [0, 0.1) is 5.92 Å². The molecule has 5 nitrogen and oxygen atoms in total. The van der Waals surface area contributed by atoms with Crippen LogP contribution in [-0.4, -0.2) is 43.1 Å². The number of carboxylic acids is 1. The van der Waals surface area contributed by atoms with Gasteiger partial charge in [0.25, 0.3) is 0 Å². The Balaban J connectivity index is 2.43. The smallest absolute Gasteiger partial charge is 0.323 e. The molecule has 1 aliphatic rings. The van der Waals surface area contributed by atoms with Crippen molar-refractivity contribution in [2.45, 2.75) is 25.8 Å². The Morgan fingerprint density at radius 1 is 1.53 bits per heavy atom. The summed E-state index contributed by atoms with van der Waals surface area (Å²) in [5, 5.41) is 11.7. The highest BCUT2D eigenvalue weighted by atomic mass is 32.2. The number of carbonyl (C=O) groups is 1. The third-order valence-electron chi connectivity index (χ3n) is 2.69. The summed E-state index contributed by atoms with van der Waals surface area (Å²) in [6.45, 7) is 3.58. The van der Waals surface area contributed by atoms with Gasteiger partial charge in [-0.2, -0.15) is 0 Å². The van der Waals surface area contributed by atoms with Gasteiger partial charge in [0.1, 0.15) is 5.54 Å². The second-order valence-electron chi connectivity index (χ2n) is 4.58. The van der Waals surface area contributed by atoms with Gasteiger partial charge >= 0.3 is 5.97 Å². The van der Waals surface area contributed by atoms with Crippen molar-refractivity contribution in [1.82, 2.24) is 5.32 Å².